The summed E-state index contributed by atoms with van der Waals surface area (Å²) >= 11 is 3.30. The molecule has 5 heteroatoms. The van der Waals surface area contributed by atoms with Gasteiger partial charge in [0.05, 0.1) is 0 Å². The summed E-state index contributed by atoms with van der Waals surface area (Å²) in [5.74, 6) is 0. The number of nitrogens with one attached hydrogen (secondary N) is 3. The largest absolute Gasteiger partial charge is 0.333 e. The first-order valence-corrected chi connectivity index (χ1v) is 4.51. The lowest BCUT2D eigenvalue weighted by Crippen LogP contribution is -2.37. The van der Waals surface area contributed by atoms with Crippen LogP contribution in [0.5, 0.6) is 0 Å². The highest BCUT2D eigenvalue weighted by molar-refractivity contribution is 9.10. The molecule has 4 nitrogen and oxygen atoms in total. The molecular weight excluding hydrogens is 234 g/mol. The Morgan fingerprint density at radius 1 is 1.31 bits per heavy atom. The Morgan fingerprint density at radius 2 is 1.92 bits per heavy atom. The Labute approximate surface area is 84.8 Å². The molecular formula is C8H10BrN3O. The third kappa shape index (κ3) is 3.43. The summed E-state index contributed by atoms with van der Waals surface area (Å²) in [5, 5.41) is 2.64. The minimum absolute atomic E-state index is 0.287. The van der Waals surface area contributed by atoms with E-state index in [0.717, 1.165) is 10.2 Å². The highest BCUT2D eigenvalue weighted by Gasteiger charge is 1.98. The zero-order valence-corrected chi connectivity index (χ0v) is 8.68. The van der Waals surface area contributed by atoms with Gasteiger partial charge in [-0.3, -0.25) is 5.43 Å². The Hall–Kier alpha value is -1.07. The summed E-state index contributed by atoms with van der Waals surface area (Å²) < 4.78 is 0.979. The molecule has 0 aromatic heterocycles. The van der Waals surface area contributed by atoms with Crippen LogP contribution in [0, 0.1) is 0 Å². The molecule has 0 unspecified atom stereocenters. The van der Waals surface area contributed by atoms with Crippen LogP contribution < -0.4 is 16.2 Å². The van der Waals surface area contributed by atoms with Crippen molar-refractivity contribution in [1.29, 1.82) is 0 Å². The summed E-state index contributed by atoms with van der Waals surface area (Å²) in [5.41, 5.74) is 5.67. The molecule has 0 heterocycles. The minimum Gasteiger partial charge on any atom is -0.307 e. The zero-order chi connectivity index (χ0) is 9.68. The lowest BCUT2D eigenvalue weighted by atomic mass is 10.3. The van der Waals surface area contributed by atoms with Gasteiger partial charge < -0.3 is 5.32 Å². The molecule has 0 saturated heterocycles. The van der Waals surface area contributed by atoms with Gasteiger partial charge in [-0.15, -0.1) is 0 Å². The maximum Gasteiger partial charge on any atom is 0.333 e. The zero-order valence-electron chi connectivity index (χ0n) is 7.10. The van der Waals surface area contributed by atoms with Gasteiger partial charge in [0.15, 0.2) is 0 Å². The standard InChI is InChI=1S/C8H10BrN3O/c1-10-12-8(13)11-7-4-2-6(9)3-5-7/h2-5,10H,1H3,(H2,11,12,13). The first kappa shape index (κ1) is 10.0. The van der Waals surface area contributed by atoms with E-state index in [1.807, 2.05) is 12.1 Å². The quantitative estimate of drug-likeness (QED) is 0.693. The third-order valence-electron chi connectivity index (χ3n) is 1.34. The van der Waals surface area contributed by atoms with Crippen molar-refractivity contribution in [2.75, 3.05) is 12.4 Å². The molecule has 0 radical (unpaired) electrons. The molecule has 0 saturated carbocycles. The van der Waals surface area contributed by atoms with E-state index in [1.54, 1.807) is 19.2 Å². The van der Waals surface area contributed by atoms with Crippen LogP contribution in [0.3, 0.4) is 0 Å². The number of hydrogen-bond donors (Lipinski definition) is 3. The Morgan fingerprint density at radius 3 is 2.46 bits per heavy atom. The number of rotatable bonds is 2. The second-order valence-electron chi connectivity index (χ2n) is 2.34. The molecule has 3 N–H and O–H groups in total. The van der Waals surface area contributed by atoms with Crippen molar-refractivity contribution in [2.45, 2.75) is 0 Å². The smallest absolute Gasteiger partial charge is 0.307 e. The first-order valence-electron chi connectivity index (χ1n) is 3.71. The molecule has 13 heavy (non-hydrogen) atoms. The van der Waals surface area contributed by atoms with Crippen molar-refractivity contribution in [1.82, 2.24) is 10.9 Å². The summed E-state index contributed by atoms with van der Waals surface area (Å²) in [7, 11) is 1.63. The number of carbonyl (C=O) groups excluding carboxylic acids is 1. The fourth-order valence-electron chi connectivity index (χ4n) is 0.809. The average Bonchev–Trinajstić information content (AvgIpc) is 2.09. The first-order chi connectivity index (χ1) is 6.22. The van der Waals surface area contributed by atoms with Crippen molar-refractivity contribution in [2.24, 2.45) is 0 Å². The van der Waals surface area contributed by atoms with Crippen LogP contribution >= 0.6 is 15.9 Å². The molecule has 1 aromatic carbocycles. The van der Waals surface area contributed by atoms with Gasteiger partial charge in [-0.1, -0.05) is 15.9 Å². The predicted molar refractivity (Wildman–Crippen MR) is 55.4 cm³/mol. The normalized spacial score (nSPS) is 9.38. The van der Waals surface area contributed by atoms with Crippen molar-refractivity contribution in [3.63, 3.8) is 0 Å². The predicted octanol–water partition coefficient (Wildman–Crippen LogP) is 1.70. The number of amides is 2. The van der Waals surface area contributed by atoms with E-state index < -0.39 is 0 Å². The number of anilines is 1. The summed E-state index contributed by atoms with van der Waals surface area (Å²) in [6.45, 7) is 0. The molecule has 2 amide bonds. The van der Waals surface area contributed by atoms with Crippen LogP contribution in [0.1, 0.15) is 0 Å². The number of benzene rings is 1. The maximum atomic E-state index is 11.0. The maximum absolute atomic E-state index is 11.0. The molecule has 1 rings (SSSR count). The van der Waals surface area contributed by atoms with Crippen molar-refractivity contribution >= 4 is 27.6 Å². The van der Waals surface area contributed by atoms with Gasteiger partial charge in [-0.25, -0.2) is 10.2 Å². The number of carbonyl (C=O) groups is 1. The Bertz CT molecular complexity index is 286. The Balaban J connectivity index is 2.54. The SMILES string of the molecule is CNNC(=O)Nc1ccc(Br)cc1. The van der Waals surface area contributed by atoms with Gasteiger partial charge in [-0.2, -0.15) is 0 Å². The second-order valence-corrected chi connectivity index (χ2v) is 3.25. The van der Waals surface area contributed by atoms with E-state index in [2.05, 4.69) is 32.1 Å². The van der Waals surface area contributed by atoms with Crippen LogP contribution in [-0.4, -0.2) is 13.1 Å². The van der Waals surface area contributed by atoms with Gasteiger partial charge >= 0.3 is 6.03 Å². The molecule has 0 aliphatic carbocycles. The van der Waals surface area contributed by atoms with E-state index in [-0.39, 0.29) is 6.03 Å². The van der Waals surface area contributed by atoms with Crippen molar-refractivity contribution in [3.8, 4) is 0 Å². The summed E-state index contributed by atoms with van der Waals surface area (Å²) in [6.07, 6.45) is 0. The average molecular weight is 244 g/mol. The highest BCUT2D eigenvalue weighted by Crippen LogP contribution is 2.13. The van der Waals surface area contributed by atoms with Crippen LogP contribution in [0.25, 0.3) is 0 Å². The van der Waals surface area contributed by atoms with Crippen molar-refractivity contribution in [3.05, 3.63) is 28.7 Å². The molecule has 0 atom stereocenters. The number of hydrogen-bond acceptors (Lipinski definition) is 2. The molecule has 0 fully saturated rings. The van der Waals surface area contributed by atoms with E-state index >= 15 is 0 Å². The van der Waals surface area contributed by atoms with E-state index in [1.165, 1.54) is 0 Å². The summed E-state index contributed by atoms with van der Waals surface area (Å²) in [6, 6.07) is 7.03. The van der Waals surface area contributed by atoms with E-state index in [4.69, 9.17) is 0 Å². The van der Waals surface area contributed by atoms with E-state index in [9.17, 15) is 4.79 Å². The van der Waals surface area contributed by atoms with Gasteiger partial charge in [0.1, 0.15) is 0 Å². The molecule has 0 spiro atoms. The fraction of sp³-hybridized carbons (Fsp3) is 0.125. The van der Waals surface area contributed by atoms with Crippen LogP contribution in [0.15, 0.2) is 28.7 Å². The molecule has 0 bridgehead atoms. The fourth-order valence-corrected chi connectivity index (χ4v) is 1.07. The third-order valence-corrected chi connectivity index (χ3v) is 1.87. The van der Waals surface area contributed by atoms with Gasteiger partial charge in [0.25, 0.3) is 0 Å². The number of urea groups is 1. The van der Waals surface area contributed by atoms with Gasteiger partial charge in [-0.05, 0) is 24.3 Å². The minimum atomic E-state index is -0.287. The van der Waals surface area contributed by atoms with Gasteiger partial charge in [0, 0.05) is 17.2 Å². The highest BCUT2D eigenvalue weighted by atomic mass is 79.9. The van der Waals surface area contributed by atoms with Crippen LogP contribution in [0.4, 0.5) is 10.5 Å². The summed E-state index contributed by atoms with van der Waals surface area (Å²) in [4.78, 5) is 11.0. The van der Waals surface area contributed by atoms with Crippen LogP contribution in [0.2, 0.25) is 0 Å². The number of hydrazine groups is 1. The lowest BCUT2D eigenvalue weighted by Gasteiger charge is -2.05. The monoisotopic (exact) mass is 243 g/mol. The molecule has 0 aliphatic rings. The number of halogens is 1. The van der Waals surface area contributed by atoms with E-state index in [0.29, 0.717) is 0 Å². The lowest BCUT2D eigenvalue weighted by molar-refractivity contribution is 0.249. The topological polar surface area (TPSA) is 53.2 Å². The Kier molecular flexibility index (Phi) is 3.72. The van der Waals surface area contributed by atoms with Crippen molar-refractivity contribution < 1.29 is 4.79 Å². The second kappa shape index (κ2) is 4.84. The molecule has 70 valence electrons. The van der Waals surface area contributed by atoms with Gasteiger partial charge in [0.2, 0.25) is 0 Å². The molecule has 0 aliphatic heterocycles. The molecule has 1 aromatic rings. The van der Waals surface area contributed by atoms with Crippen LogP contribution in [-0.2, 0) is 0 Å².